The van der Waals surface area contributed by atoms with Gasteiger partial charge in [0, 0.05) is 12.1 Å². The summed E-state index contributed by atoms with van der Waals surface area (Å²) in [6.45, 7) is 1.23. The molecule has 8 nitrogen and oxygen atoms in total. The lowest BCUT2D eigenvalue weighted by Gasteiger charge is -2.10. The fraction of sp³-hybridized carbons (Fsp3) is 0.182. The second kappa shape index (κ2) is 4.16. The molecule has 0 aliphatic carbocycles. The summed E-state index contributed by atoms with van der Waals surface area (Å²) < 4.78 is 0.717. The number of nitrogens with one attached hydrogen (secondary N) is 1. The number of aromatic nitrogens is 1. The van der Waals surface area contributed by atoms with Crippen LogP contribution in [0.2, 0.25) is 0 Å². The Hall–Kier alpha value is -2.77. The third-order valence-corrected chi connectivity index (χ3v) is 2.81. The van der Waals surface area contributed by atoms with Gasteiger partial charge < -0.3 is 15.3 Å². The van der Waals surface area contributed by atoms with Gasteiger partial charge in [0.25, 0.3) is 11.8 Å². The van der Waals surface area contributed by atoms with Gasteiger partial charge in [0.15, 0.2) is 11.8 Å². The molecule has 0 aromatic carbocycles. The van der Waals surface area contributed by atoms with Crippen molar-refractivity contribution in [1.82, 2.24) is 9.88 Å². The molecule has 0 saturated carbocycles. The summed E-state index contributed by atoms with van der Waals surface area (Å²) in [7, 11) is 0. The molecule has 2 rings (SSSR count). The summed E-state index contributed by atoms with van der Waals surface area (Å²) >= 11 is 0. The number of aromatic hydroxyl groups is 2. The predicted molar refractivity (Wildman–Crippen MR) is 60.9 cm³/mol. The molecule has 0 radical (unpaired) electrons. The zero-order chi connectivity index (χ0) is 14.3. The summed E-state index contributed by atoms with van der Waals surface area (Å²) in [6, 6.07) is 2.23. The molecule has 1 aromatic rings. The number of amides is 2. The van der Waals surface area contributed by atoms with E-state index in [1.54, 1.807) is 0 Å². The van der Waals surface area contributed by atoms with Gasteiger partial charge in [-0.1, -0.05) is 0 Å². The van der Waals surface area contributed by atoms with Crippen molar-refractivity contribution in [3.63, 3.8) is 0 Å². The Labute approximate surface area is 106 Å². The van der Waals surface area contributed by atoms with Crippen LogP contribution >= 0.6 is 0 Å². The molecule has 1 unspecified atom stereocenters. The van der Waals surface area contributed by atoms with Gasteiger partial charge in [0.05, 0.1) is 11.5 Å². The SMILES string of the molecule is CC(C(=O)O)C1=C(n2c(O)ccc2O)C(=O)NC1=O. The number of carboxylic acid groups (broad SMARTS) is 1. The average Bonchev–Trinajstić information content (AvgIpc) is 2.78. The molecular weight excluding hydrogens is 256 g/mol. The maximum atomic E-state index is 11.7. The molecule has 2 heterocycles. The summed E-state index contributed by atoms with van der Waals surface area (Å²) in [4.78, 5) is 34.3. The van der Waals surface area contributed by atoms with Crippen molar-refractivity contribution < 1.29 is 29.7 Å². The highest BCUT2D eigenvalue weighted by molar-refractivity contribution is 6.33. The Morgan fingerprint density at radius 2 is 1.74 bits per heavy atom. The van der Waals surface area contributed by atoms with Crippen molar-refractivity contribution in [2.75, 3.05) is 0 Å². The van der Waals surface area contributed by atoms with E-state index in [0.29, 0.717) is 0 Å². The normalized spacial score (nSPS) is 16.7. The topological polar surface area (TPSA) is 129 Å². The number of imide groups is 1. The molecule has 1 aliphatic heterocycles. The highest BCUT2D eigenvalue weighted by atomic mass is 16.4. The summed E-state index contributed by atoms with van der Waals surface area (Å²) in [5, 5.41) is 30.0. The van der Waals surface area contributed by atoms with Crippen molar-refractivity contribution in [1.29, 1.82) is 0 Å². The van der Waals surface area contributed by atoms with Crippen LogP contribution in [0.15, 0.2) is 17.7 Å². The van der Waals surface area contributed by atoms with E-state index in [2.05, 4.69) is 0 Å². The molecule has 0 saturated heterocycles. The third kappa shape index (κ3) is 1.82. The van der Waals surface area contributed by atoms with Gasteiger partial charge >= 0.3 is 5.97 Å². The van der Waals surface area contributed by atoms with Crippen LogP contribution in [0.4, 0.5) is 0 Å². The zero-order valence-electron chi connectivity index (χ0n) is 9.75. The summed E-state index contributed by atoms with van der Waals surface area (Å²) in [5.41, 5.74) is -0.709. The minimum atomic E-state index is -1.30. The Balaban J connectivity index is 2.70. The maximum Gasteiger partial charge on any atom is 0.310 e. The van der Waals surface area contributed by atoms with Gasteiger partial charge in [-0.3, -0.25) is 19.7 Å². The lowest BCUT2D eigenvalue weighted by atomic mass is 10.00. The number of carbonyl (C=O) groups is 3. The largest absolute Gasteiger partial charge is 0.494 e. The molecule has 2 amide bonds. The molecule has 4 N–H and O–H groups in total. The van der Waals surface area contributed by atoms with E-state index in [0.717, 1.165) is 16.7 Å². The second-order valence-electron chi connectivity index (χ2n) is 3.99. The van der Waals surface area contributed by atoms with Crippen LogP contribution in [0.1, 0.15) is 6.92 Å². The number of carboxylic acids is 1. The number of hydrogen-bond acceptors (Lipinski definition) is 5. The molecule has 19 heavy (non-hydrogen) atoms. The van der Waals surface area contributed by atoms with Gasteiger partial charge in [-0.2, -0.15) is 0 Å². The molecule has 100 valence electrons. The van der Waals surface area contributed by atoms with Crippen LogP contribution < -0.4 is 5.32 Å². The van der Waals surface area contributed by atoms with E-state index in [-0.39, 0.29) is 11.3 Å². The van der Waals surface area contributed by atoms with E-state index in [1.165, 1.54) is 6.92 Å². The highest BCUT2D eigenvalue weighted by Gasteiger charge is 2.38. The average molecular weight is 266 g/mol. The van der Waals surface area contributed by atoms with E-state index in [4.69, 9.17) is 5.11 Å². The number of nitrogens with zero attached hydrogens (tertiary/aromatic N) is 1. The first kappa shape index (κ1) is 12.7. The van der Waals surface area contributed by atoms with Crippen LogP contribution in [0.25, 0.3) is 5.70 Å². The Morgan fingerprint density at radius 1 is 1.21 bits per heavy atom. The van der Waals surface area contributed by atoms with Crippen LogP contribution in [0, 0.1) is 5.92 Å². The van der Waals surface area contributed by atoms with Gasteiger partial charge in [0.1, 0.15) is 5.70 Å². The lowest BCUT2D eigenvalue weighted by Crippen LogP contribution is -2.26. The molecule has 8 heteroatoms. The molecule has 0 fully saturated rings. The van der Waals surface area contributed by atoms with Crippen LogP contribution in [-0.2, 0) is 14.4 Å². The highest BCUT2D eigenvalue weighted by Crippen LogP contribution is 2.32. The van der Waals surface area contributed by atoms with Crippen molar-refractivity contribution in [2.24, 2.45) is 5.92 Å². The molecule has 0 bridgehead atoms. The fourth-order valence-electron chi connectivity index (χ4n) is 1.85. The Kier molecular flexibility index (Phi) is 2.78. The minimum absolute atomic E-state index is 0.320. The molecule has 0 spiro atoms. The smallest absolute Gasteiger partial charge is 0.310 e. The standard InChI is InChI=1S/C11H10N2O6/c1-4(11(18)19)7-8(10(17)12-9(7)16)13-5(14)2-3-6(13)15/h2-4,14-15H,1H3,(H,18,19)(H,12,16,17). The zero-order valence-corrected chi connectivity index (χ0v) is 9.75. The molecular formula is C11H10N2O6. The monoisotopic (exact) mass is 266 g/mol. The van der Waals surface area contributed by atoms with E-state index < -0.39 is 35.5 Å². The van der Waals surface area contributed by atoms with Gasteiger partial charge in [-0.05, 0) is 6.92 Å². The second-order valence-corrected chi connectivity index (χ2v) is 3.99. The third-order valence-electron chi connectivity index (χ3n) is 2.81. The van der Waals surface area contributed by atoms with Crippen LogP contribution in [-0.4, -0.2) is 37.7 Å². The summed E-state index contributed by atoms with van der Waals surface area (Å²) in [5.74, 6) is -5.26. The number of carbonyl (C=O) groups excluding carboxylic acids is 2. The van der Waals surface area contributed by atoms with Crippen molar-refractivity contribution in [3.8, 4) is 11.8 Å². The Morgan fingerprint density at radius 3 is 2.21 bits per heavy atom. The van der Waals surface area contributed by atoms with Gasteiger partial charge in [-0.25, -0.2) is 4.57 Å². The van der Waals surface area contributed by atoms with Crippen molar-refractivity contribution in [3.05, 3.63) is 17.7 Å². The molecule has 1 aliphatic rings. The predicted octanol–water partition coefficient (Wildman–Crippen LogP) is -0.513. The number of hydrogen-bond donors (Lipinski definition) is 4. The fourth-order valence-corrected chi connectivity index (χ4v) is 1.85. The first-order valence-electron chi connectivity index (χ1n) is 5.27. The summed E-state index contributed by atoms with van der Waals surface area (Å²) in [6.07, 6.45) is 0. The lowest BCUT2D eigenvalue weighted by molar-refractivity contribution is -0.141. The van der Waals surface area contributed by atoms with Gasteiger partial charge in [0.2, 0.25) is 0 Å². The van der Waals surface area contributed by atoms with E-state index in [9.17, 15) is 24.6 Å². The molecule has 1 atom stereocenters. The van der Waals surface area contributed by atoms with E-state index >= 15 is 0 Å². The van der Waals surface area contributed by atoms with E-state index in [1.807, 2.05) is 5.32 Å². The van der Waals surface area contributed by atoms with Crippen molar-refractivity contribution >= 4 is 23.5 Å². The first-order valence-corrected chi connectivity index (χ1v) is 5.27. The molecule has 1 aromatic heterocycles. The number of rotatable bonds is 3. The minimum Gasteiger partial charge on any atom is -0.494 e. The number of aliphatic carboxylic acids is 1. The van der Waals surface area contributed by atoms with Crippen LogP contribution in [0.5, 0.6) is 11.8 Å². The maximum absolute atomic E-state index is 11.7. The quantitative estimate of drug-likeness (QED) is 0.545. The Bertz CT molecular complexity index is 608. The first-order chi connectivity index (χ1) is 8.84. The van der Waals surface area contributed by atoms with Crippen molar-refractivity contribution in [2.45, 2.75) is 6.92 Å². The van der Waals surface area contributed by atoms with Gasteiger partial charge in [-0.15, -0.1) is 0 Å². The van der Waals surface area contributed by atoms with Crippen LogP contribution in [0.3, 0.4) is 0 Å².